The lowest BCUT2D eigenvalue weighted by Crippen LogP contribution is -2.35. The van der Waals surface area contributed by atoms with Gasteiger partial charge in [0.15, 0.2) is 0 Å². The van der Waals surface area contributed by atoms with Crippen LogP contribution in [0.15, 0.2) is 72.1 Å². The second-order valence-corrected chi connectivity index (χ2v) is 9.63. The Labute approximate surface area is 198 Å². The Morgan fingerprint density at radius 3 is 2.67 bits per heavy atom. The lowest BCUT2D eigenvalue weighted by molar-refractivity contribution is 0.0930. The largest absolute Gasteiger partial charge is 0.492 e. The molecule has 1 aliphatic carbocycles. The Balaban J connectivity index is 1.48. The summed E-state index contributed by atoms with van der Waals surface area (Å²) in [4.78, 5) is 14.7. The minimum absolute atomic E-state index is 0.0466. The van der Waals surface area contributed by atoms with E-state index < -0.39 is 0 Å². The minimum atomic E-state index is -0.334. The number of aryl methyl sites for hydroxylation is 1. The van der Waals surface area contributed by atoms with Crippen molar-refractivity contribution in [2.24, 2.45) is 0 Å². The van der Waals surface area contributed by atoms with Crippen LogP contribution in [-0.4, -0.2) is 26.1 Å². The van der Waals surface area contributed by atoms with Crippen molar-refractivity contribution in [3.63, 3.8) is 0 Å². The van der Waals surface area contributed by atoms with Crippen LogP contribution in [0.5, 0.6) is 5.75 Å². The Kier molecular flexibility index (Phi) is 5.92. The molecule has 5 rings (SSSR count). The van der Waals surface area contributed by atoms with Gasteiger partial charge in [-0.15, -0.1) is 11.3 Å². The molecule has 1 aliphatic rings. The molecule has 33 heavy (non-hydrogen) atoms. The molecule has 1 amide bonds. The van der Waals surface area contributed by atoms with E-state index in [1.165, 1.54) is 26.8 Å². The van der Waals surface area contributed by atoms with Crippen LogP contribution in [0.2, 0.25) is 0 Å². The highest BCUT2D eigenvalue weighted by Gasteiger charge is 2.47. The van der Waals surface area contributed by atoms with Crippen LogP contribution in [0.4, 0.5) is 0 Å². The summed E-state index contributed by atoms with van der Waals surface area (Å²) in [6.07, 6.45) is 1.88. The van der Waals surface area contributed by atoms with E-state index in [0.29, 0.717) is 12.2 Å². The molecule has 4 aromatic rings. The molecule has 0 saturated heterocycles. The van der Waals surface area contributed by atoms with Gasteiger partial charge in [-0.1, -0.05) is 36.4 Å². The van der Waals surface area contributed by atoms with Gasteiger partial charge in [-0.2, -0.15) is 0 Å². The normalized spacial score (nSPS) is 14.2. The molecule has 1 aromatic heterocycles. The zero-order valence-electron chi connectivity index (χ0n) is 19.0. The fraction of sp³-hybridized carbons (Fsp3) is 0.250. The fourth-order valence-electron chi connectivity index (χ4n) is 4.37. The molecule has 0 bridgehead atoms. The highest BCUT2D eigenvalue weighted by molar-refractivity contribution is 7.13. The van der Waals surface area contributed by atoms with Crippen molar-refractivity contribution in [2.75, 3.05) is 20.2 Å². The first-order valence-corrected chi connectivity index (χ1v) is 12.3. The number of amides is 1. The molecule has 0 atom stereocenters. The molecule has 0 aliphatic heterocycles. The third-order valence-corrected chi connectivity index (χ3v) is 7.28. The first kappa shape index (κ1) is 21.7. The van der Waals surface area contributed by atoms with E-state index in [1.807, 2.05) is 32.2 Å². The van der Waals surface area contributed by atoms with E-state index in [1.54, 1.807) is 11.3 Å². The van der Waals surface area contributed by atoms with Crippen molar-refractivity contribution in [3.05, 3.63) is 88.8 Å². The number of nitrogens with one attached hydrogen (secondary N) is 2. The minimum Gasteiger partial charge on any atom is -0.492 e. The van der Waals surface area contributed by atoms with Gasteiger partial charge in [0.05, 0.1) is 5.54 Å². The molecule has 1 saturated carbocycles. The predicted molar refractivity (Wildman–Crippen MR) is 136 cm³/mol. The summed E-state index contributed by atoms with van der Waals surface area (Å²) in [5.74, 6) is 0.672. The van der Waals surface area contributed by atoms with Crippen molar-refractivity contribution >= 4 is 28.0 Å². The van der Waals surface area contributed by atoms with Gasteiger partial charge in [-0.05, 0) is 90.0 Å². The van der Waals surface area contributed by atoms with Crippen molar-refractivity contribution in [3.8, 4) is 16.2 Å². The van der Waals surface area contributed by atoms with E-state index in [-0.39, 0.29) is 11.4 Å². The van der Waals surface area contributed by atoms with Gasteiger partial charge in [0, 0.05) is 17.0 Å². The van der Waals surface area contributed by atoms with Gasteiger partial charge in [0.1, 0.15) is 12.4 Å². The van der Waals surface area contributed by atoms with Gasteiger partial charge in [-0.3, -0.25) is 4.79 Å². The first-order chi connectivity index (χ1) is 16.1. The number of carbonyl (C=O) groups excluding carboxylic acids is 1. The number of rotatable bonds is 8. The zero-order valence-corrected chi connectivity index (χ0v) is 19.8. The second-order valence-electron chi connectivity index (χ2n) is 8.69. The number of hydrogen-bond acceptors (Lipinski definition) is 4. The topological polar surface area (TPSA) is 50.4 Å². The lowest BCUT2D eigenvalue weighted by Gasteiger charge is -2.22. The number of likely N-dealkylation sites (N-methyl/N-ethyl adjacent to an activating group) is 1. The van der Waals surface area contributed by atoms with Crippen LogP contribution < -0.4 is 15.4 Å². The van der Waals surface area contributed by atoms with E-state index in [4.69, 9.17) is 4.74 Å². The third-order valence-electron chi connectivity index (χ3n) is 6.36. The summed E-state index contributed by atoms with van der Waals surface area (Å²) < 4.78 is 5.80. The lowest BCUT2D eigenvalue weighted by atomic mass is 9.93. The highest BCUT2D eigenvalue weighted by Crippen LogP contribution is 2.49. The standard InChI is InChI=1S/C28H28N2O2S/c1-19-9-10-22(32-14-13-29-2)18-24(19)27(31)30-28(11-12-28)25-17-21(26-8-5-15-33-26)16-20-6-3-4-7-23(20)25/h3-10,15-18,29H,11-14H2,1-2H3,(H,30,31). The molecule has 2 N–H and O–H groups in total. The van der Waals surface area contributed by atoms with Crippen molar-refractivity contribution in [2.45, 2.75) is 25.3 Å². The van der Waals surface area contributed by atoms with Crippen LogP contribution in [0, 0.1) is 6.92 Å². The summed E-state index contributed by atoms with van der Waals surface area (Å²) in [6, 6.07) is 23.0. The smallest absolute Gasteiger partial charge is 0.252 e. The second kappa shape index (κ2) is 9.00. The van der Waals surface area contributed by atoms with Crippen molar-refractivity contribution < 1.29 is 9.53 Å². The first-order valence-electron chi connectivity index (χ1n) is 11.4. The molecule has 1 fully saturated rings. The molecular weight excluding hydrogens is 428 g/mol. The molecular formula is C28H28N2O2S. The predicted octanol–water partition coefficient (Wildman–Crippen LogP) is 5.89. The molecule has 0 radical (unpaired) electrons. The molecule has 1 heterocycles. The van der Waals surface area contributed by atoms with Gasteiger partial charge in [0.25, 0.3) is 5.91 Å². The van der Waals surface area contributed by atoms with Crippen LogP contribution in [0.3, 0.4) is 0 Å². The Bertz CT molecular complexity index is 1290. The van der Waals surface area contributed by atoms with E-state index in [0.717, 1.165) is 30.7 Å². The van der Waals surface area contributed by atoms with Crippen molar-refractivity contribution in [1.29, 1.82) is 0 Å². The fourth-order valence-corrected chi connectivity index (χ4v) is 5.08. The number of ether oxygens (including phenoxy) is 1. The summed E-state index contributed by atoms with van der Waals surface area (Å²) >= 11 is 1.74. The average Bonchev–Trinajstić information content (AvgIpc) is 3.39. The maximum absolute atomic E-state index is 13.4. The van der Waals surface area contributed by atoms with Crippen LogP contribution in [-0.2, 0) is 5.54 Å². The highest BCUT2D eigenvalue weighted by atomic mass is 32.1. The van der Waals surface area contributed by atoms with Crippen LogP contribution in [0.25, 0.3) is 21.2 Å². The van der Waals surface area contributed by atoms with Crippen molar-refractivity contribution in [1.82, 2.24) is 10.6 Å². The number of thiophene rings is 1. The number of fused-ring (bicyclic) bond motifs is 1. The van der Waals surface area contributed by atoms with E-state index in [9.17, 15) is 4.79 Å². The number of carbonyl (C=O) groups is 1. The van der Waals surface area contributed by atoms with Crippen LogP contribution >= 0.6 is 11.3 Å². The maximum atomic E-state index is 13.4. The van der Waals surface area contributed by atoms with E-state index >= 15 is 0 Å². The zero-order chi connectivity index (χ0) is 22.8. The quantitative estimate of drug-likeness (QED) is 0.325. The summed E-state index contributed by atoms with van der Waals surface area (Å²) in [6.45, 7) is 3.29. The monoisotopic (exact) mass is 456 g/mol. The molecule has 4 nitrogen and oxygen atoms in total. The summed E-state index contributed by atoms with van der Waals surface area (Å²) in [5.41, 5.74) is 3.69. The SMILES string of the molecule is CNCCOc1ccc(C)c(C(=O)NC2(c3cc(-c4cccs4)cc4ccccc34)CC2)c1. The molecule has 168 valence electrons. The molecule has 0 spiro atoms. The Hall–Kier alpha value is -3.15. The average molecular weight is 457 g/mol. The maximum Gasteiger partial charge on any atom is 0.252 e. The Morgan fingerprint density at radius 2 is 1.91 bits per heavy atom. The van der Waals surface area contributed by atoms with Gasteiger partial charge >= 0.3 is 0 Å². The van der Waals surface area contributed by atoms with Gasteiger partial charge in [0.2, 0.25) is 0 Å². The third kappa shape index (κ3) is 4.39. The van der Waals surface area contributed by atoms with Gasteiger partial charge in [-0.25, -0.2) is 0 Å². The molecule has 5 heteroatoms. The van der Waals surface area contributed by atoms with E-state index in [2.05, 4.69) is 64.5 Å². The molecule has 3 aromatic carbocycles. The summed E-state index contributed by atoms with van der Waals surface area (Å²) in [5, 5.41) is 11.0. The number of hydrogen-bond donors (Lipinski definition) is 2. The van der Waals surface area contributed by atoms with Crippen LogP contribution in [0.1, 0.15) is 34.3 Å². The van der Waals surface area contributed by atoms with Gasteiger partial charge < -0.3 is 15.4 Å². The Morgan fingerprint density at radius 1 is 1.06 bits per heavy atom. The number of benzene rings is 3. The molecule has 0 unspecified atom stereocenters. The summed E-state index contributed by atoms with van der Waals surface area (Å²) in [7, 11) is 1.89.